The Morgan fingerprint density at radius 1 is 1.31 bits per heavy atom. The van der Waals surface area contributed by atoms with Gasteiger partial charge in [0.1, 0.15) is 24.6 Å². The molecule has 0 spiro atoms. The summed E-state index contributed by atoms with van der Waals surface area (Å²) in [6.07, 6.45) is 2.42. The van der Waals surface area contributed by atoms with Crippen LogP contribution in [-0.4, -0.2) is 80.9 Å². The van der Waals surface area contributed by atoms with Crippen molar-refractivity contribution in [3.8, 4) is 0 Å². The van der Waals surface area contributed by atoms with Gasteiger partial charge in [-0.05, 0) is 20.3 Å². The highest BCUT2D eigenvalue weighted by Gasteiger charge is 2.63. The van der Waals surface area contributed by atoms with Crippen LogP contribution in [0.1, 0.15) is 46.3 Å². The zero-order valence-electron chi connectivity index (χ0n) is 18.7. The number of aliphatic hydroxyl groups is 1. The van der Waals surface area contributed by atoms with Gasteiger partial charge in [-0.25, -0.2) is 19.3 Å². The molecule has 4 atom stereocenters. The zero-order valence-corrected chi connectivity index (χ0v) is 18.7. The van der Waals surface area contributed by atoms with Gasteiger partial charge in [-0.15, -0.1) is 0 Å². The van der Waals surface area contributed by atoms with Crippen molar-refractivity contribution in [1.82, 2.24) is 19.5 Å². The first-order valence-corrected chi connectivity index (χ1v) is 11.0. The lowest BCUT2D eigenvalue weighted by atomic mass is 9.84. The zero-order chi connectivity index (χ0) is 22.9. The first-order valence-electron chi connectivity index (χ1n) is 11.0. The summed E-state index contributed by atoms with van der Waals surface area (Å²) in [7, 11) is 0. The molecule has 0 radical (unpaired) electrons. The van der Waals surface area contributed by atoms with Crippen molar-refractivity contribution in [2.24, 2.45) is 0 Å². The van der Waals surface area contributed by atoms with Gasteiger partial charge in [-0.3, -0.25) is 9.36 Å². The molecule has 4 rings (SSSR count). The van der Waals surface area contributed by atoms with E-state index in [1.807, 2.05) is 11.8 Å². The Bertz CT molecular complexity index is 959. The maximum Gasteiger partial charge on any atom is 0.305 e. The lowest BCUT2D eigenvalue weighted by Crippen LogP contribution is -2.52. The number of hydrogen-bond donors (Lipinski definition) is 1. The second kappa shape index (κ2) is 8.87. The predicted octanol–water partition coefficient (Wildman–Crippen LogP) is 1.77. The molecular weight excluding hydrogens is 421 g/mol. The van der Waals surface area contributed by atoms with Crippen molar-refractivity contribution in [2.45, 2.75) is 63.6 Å². The standard InChI is InChI=1S/C21H30FN5O5/c1-4-5-6-15(28)31-11-14-21(3,29)20(2,22)19(32-14)27-13-25-16-17(23-12-24-18(16)27)26-7-9-30-10-8-26/h12-14,19,29H,4-11H2,1-3H3/t14-,19-,20+,21+/m1/s1. The molecule has 2 aromatic heterocycles. The largest absolute Gasteiger partial charge is 0.463 e. The molecule has 32 heavy (non-hydrogen) atoms. The molecule has 0 bridgehead atoms. The van der Waals surface area contributed by atoms with Gasteiger partial charge in [0.2, 0.25) is 0 Å². The summed E-state index contributed by atoms with van der Waals surface area (Å²) < 4.78 is 34.0. The van der Waals surface area contributed by atoms with Crippen molar-refractivity contribution in [3.05, 3.63) is 12.7 Å². The number of halogens is 1. The second-order valence-electron chi connectivity index (χ2n) is 8.61. The van der Waals surface area contributed by atoms with Crippen LogP contribution in [0, 0.1) is 0 Å². The summed E-state index contributed by atoms with van der Waals surface area (Å²) in [5.41, 5.74) is -3.19. The summed E-state index contributed by atoms with van der Waals surface area (Å²) in [5, 5.41) is 11.0. The lowest BCUT2D eigenvalue weighted by Gasteiger charge is -2.33. The molecule has 10 nitrogen and oxygen atoms in total. The van der Waals surface area contributed by atoms with Crippen molar-refractivity contribution in [2.75, 3.05) is 37.8 Å². The Morgan fingerprint density at radius 3 is 2.78 bits per heavy atom. The molecule has 0 aromatic carbocycles. The van der Waals surface area contributed by atoms with E-state index < -0.39 is 29.6 Å². The number of alkyl halides is 1. The molecule has 4 heterocycles. The van der Waals surface area contributed by atoms with E-state index in [0.29, 0.717) is 49.7 Å². The van der Waals surface area contributed by atoms with Crippen LogP contribution in [0.4, 0.5) is 10.2 Å². The summed E-state index contributed by atoms with van der Waals surface area (Å²) in [5.74, 6) is 0.245. The molecule has 0 aliphatic carbocycles. The molecule has 2 fully saturated rings. The number of rotatable bonds is 7. The van der Waals surface area contributed by atoms with Crippen LogP contribution in [0.15, 0.2) is 12.7 Å². The number of ether oxygens (including phenoxy) is 3. The number of unbranched alkanes of at least 4 members (excludes halogenated alkanes) is 1. The Hall–Kier alpha value is -2.37. The summed E-state index contributed by atoms with van der Waals surface area (Å²) in [6.45, 7) is 6.86. The highest BCUT2D eigenvalue weighted by atomic mass is 19.1. The van der Waals surface area contributed by atoms with E-state index >= 15 is 4.39 Å². The van der Waals surface area contributed by atoms with Gasteiger partial charge in [-0.2, -0.15) is 0 Å². The van der Waals surface area contributed by atoms with Gasteiger partial charge in [0.05, 0.1) is 19.5 Å². The number of anilines is 1. The third-order valence-electron chi connectivity index (χ3n) is 6.41. The first kappa shape index (κ1) is 22.8. The van der Waals surface area contributed by atoms with E-state index in [9.17, 15) is 9.90 Å². The van der Waals surface area contributed by atoms with Crippen LogP contribution in [0.5, 0.6) is 0 Å². The van der Waals surface area contributed by atoms with Crippen LogP contribution in [0.2, 0.25) is 0 Å². The van der Waals surface area contributed by atoms with Crippen LogP contribution < -0.4 is 4.90 Å². The van der Waals surface area contributed by atoms with Crippen molar-refractivity contribution in [3.63, 3.8) is 0 Å². The Morgan fingerprint density at radius 2 is 2.06 bits per heavy atom. The number of carbonyl (C=O) groups is 1. The molecule has 176 valence electrons. The number of hydrogen-bond acceptors (Lipinski definition) is 9. The maximum absolute atomic E-state index is 15.9. The molecule has 2 saturated heterocycles. The van der Waals surface area contributed by atoms with Crippen LogP contribution in [0.25, 0.3) is 11.2 Å². The fourth-order valence-electron chi connectivity index (χ4n) is 4.09. The minimum Gasteiger partial charge on any atom is -0.463 e. The molecule has 0 unspecified atom stereocenters. The Labute approximate surface area is 185 Å². The number of carbonyl (C=O) groups excluding carboxylic acids is 1. The summed E-state index contributed by atoms with van der Waals surface area (Å²) in [4.78, 5) is 27.0. The Balaban J connectivity index is 1.59. The number of aromatic nitrogens is 4. The molecule has 2 aliphatic rings. The minimum atomic E-state index is -2.20. The second-order valence-corrected chi connectivity index (χ2v) is 8.61. The van der Waals surface area contributed by atoms with Gasteiger partial charge < -0.3 is 24.2 Å². The number of fused-ring (bicyclic) bond motifs is 1. The van der Waals surface area contributed by atoms with Crippen molar-refractivity contribution in [1.29, 1.82) is 0 Å². The Kier molecular flexibility index (Phi) is 6.33. The van der Waals surface area contributed by atoms with E-state index in [2.05, 4.69) is 15.0 Å². The summed E-state index contributed by atoms with van der Waals surface area (Å²) in [6, 6.07) is 0. The van der Waals surface area contributed by atoms with E-state index in [1.54, 1.807) is 0 Å². The van der Waals surface area contributed by atoms with Gasteiger partial charge in [0.25, 0.3) is 0 Å². The molecule has 0 amide bonds. The monoisotopic (exact) mass is 451 g/mol. The maximum atomic E-state index is 15.9. The van der Waals surface area contributed by atoms with Gasteiger partial charge >= 0.3 is 5.97 Å². The van der Waals surface area contributed by atoms with Gasteiger partial charge in [0.15, 0.2) is 28.9 Å². The average Bonchev–Trinajstić information content (AvgIpc) is 3.28. The van der Waals surface area contributed by atoms with Gasteiger partial charge in [0, 0.05) is 19.5 Å². The fourth-order valence-corrected chi connectivity index (χ4v) is 4.09. The predicted molar refractivity (Wildman–Crippen MR) is 113 cm³/mol. The quantitative estimate of drug-likeness (QED) is 0.630. The number of nitrogens with zero attached hydrogens (tertiary/aromatic N) is 5. The topological polar surface area (TPSA) is 112 Å². The first-order chi connectivity index (χ1) is 15.3. The van der Waals surface area contributed by atoms with Crippen molar-refractivity contribution >= 4 is 23.0 Å². The number of esters is 1. The van der Waals surface area contributed by atoms with Crippen LogP contribution >= 0.6 is 0 Å². The minimum absolute atomic E-state index is 0.244. The highest BCUT2D eigenvalue weighted by molar-refractivity contribution is 5.83. The molecule has 0 saturated carbocycles. The molecular formula is C21H30FN5O5. The van der Waals surface area contributed by atoms with E-state index in [-0.39, 0.29) is 13.0 Å². The summed E-state index contributed by atoms with van der Waals surface area (Å²) >= 11 is 0. The average molecular weight is 451 g/mol. The molecule has 2 aromatic rings. The van der Waals surface area contributed by atoms with Crippen molar-refractivity contribution < 1.29 is 28.5 Å². The van der Waals surface area contributed by atoms with E-state index in [0.717, 1.165) is 6.42 Å². The SMILES string of the molecule is CCCCC(=O)OC[C@H]1O[C@@H](n2cnc3c(N4CCOCC4)ncnc32)[C@](C)(F)[C@@]1(C)O. The van der Waals surface area contributed by atoms with Crippen LogP contribution in [-0.2, 0) is 19.0 Å². The highest BCUT2D eigenvalue weighted by Crippen LogP contribution is 2.49. The van der Waals surface area contributed by atoms with E-state index in [1.165, 1.54) is 31.1 Å². The third-order valence-corrected chi connectivity index (χ3v) is 6.41. The molecule has 2 aliphatic heterocycles. The number of morpholine rings is 1. The van der Waals surface area contributed by atoms with Gasteiger partial charge in [-0.1, -0.05) is 13.3 Å². The van der Waals surface area contributed by atoms with E-state index in [4.69, 9.17) is 14.2 Å². The molecule has 1 N–H and O–H groups in total. The normalized spacial score (nSPS) is 30.7. The fraction of sp³-hybridized carbons (Fsp3) is 0.714. The lowest BCUT2D eigenvalue weighted by molar-refractivity contribution is -0.153. The molecule has 11 heteroatoms. The smallest absolute Gasteiger partial charge is 0.305 e. The van der Waals surface area contributed by atoms with Crippen LogP contribution in [0.3, 0.4) is 0 Å². The number of imidazole rings is 1. The third kappa shape index (κ3) is 3.93.